The third-order valence-electron chi connectivity index (χ3n) is 8.53. The highest BCUT2D eigenvalue weighted by atomic mass is 16.8. The second-order valence-electron chi connectivity index (χ2n) is 13.0. The highest BCUT2D eigenvalue weighted by molar-refractivity contribution is 6.15. The van der Waals surface area contributed by atoms with Gasteiger partial charge in [-0.2, -0.15) is 21.0 Å². The Bertz CT molecular complexity index is 1830. The normalized spacial score (nSPS) is 22.8. The molecule has 0 amide bonds. The Morgan fingerprint density at radius 1 is 0.571 bits per heavy atom. The van der Waals surface area contributed by atoms with Crippen molar-refractivity contribution < 1.29 is 18.9 Å². The van der Waals surface area contributed by atoms with E-state index in [1.54, 1.807) is 0 Å². The van der Waals surface area contributed by atoms with E-state index in [2.05, 4.69) is 41.5 Å². The molecule has 3 aliphatic rings. The Labute approximate surface area is 244 Å². The molecule has 0 bridgehead atoms. The molecule has 42 heavy (non-hydrogen) atoms. The lowest BCUT2D eigenvalue weighted by Crippen LogP contribution is -2.64. The van der Waals surface area contributed by atoms with E-state index < -0.39 is 11.6 Å². The van der Waals surface area contributed by atoms with E-state index in [9.17, 15) is 21.0 Å². The maximum Gasteiger partial charge on any atom is 0.256 e. The topological polar surface area (TPSA) is 132 Å². The molecule has 1 aliphatic carbocycles. The average Bonchev–Trinajstić information content (AvgIpc) is 2.96. The zero-order valence-corrected chi connectivity index (χ0v) is 24.6. The number of hydrogen-bond donors (Lipinski definition) is 0. The smallest absolute Gasteiger partial charge is 0.256 e. The summed E-state index contributed by atoms with van der Waals surface area (Å²) in [6.45, 7) is 13.5. The SMILES string of the molecule is CC(C)(C)c1cc2c3c(c1)c(=C(C#N)C#N)c(=C(C#N)C#N)c1cc(C(C)(C)C)cc(c13)C13OCCOC21OCCO3. The first kappa shape index (κ1) is 27.9. The van der Waals surface area contributed by atoms with Crippen molar-refractivity contribution in [3.63, 3.8) is 0 Å². The van der Waals surface area contributed by atoms with Crippen LogP contribution in [0.3, 0.4) is 0 Å². The van der Waals surface area contributed by atoms with E-state index in [-0.39, 0.29) is 58.8 Å². The van der Waals surface area contributed by atoms with Crippen LogP contribution in [0.5, 0.6) is 0 Å². The molecule has 0 spiro atoms. The molecule has 2 fully saturated rings. The van der Waals surface area contributed by atoms with Gasteiger partial charge in [-0.25, -0.2) is 0 Å². The second kappa shape index (κ2) is 9.11. The van der Waals surface area contributed by atoms with E-state index in [0.29, 0.717) is 21.9 Å². The first-order chi connectivity index (χ1) is 19.9. The van der Waals surface area contributed by atoms with Crippen molar-refractivity contribution in [2.24, 2.45) is 0 Å². The van der Waals surface area contributed by atoms with Gasteiger partial charge in [0.15, 0.2) is 0 Å². The summed E-state index contributed by atoms with van der Waals surface area (Å²) in [5.74, 6) is -2.93. The summed E-state index contributed by atoms with van der Waals surface area (Å²) in [7, 11) is 0. The van der Waals surface area contributed by atoms with E-state index >= 15 is 0 Å². The molecule has 210 valence electrons. The van der Waals surface area contributed by atoms with Crippen molar-refractivity contribution in [2.75, 3.05) is 26.4 Å². The summed E-state index contributed by atoms with van der Waals surface area (Å²) < 4.78 is 26.4. The number of ether oxygens (including phenoxy) is 4. The fourth-order valence-electron chi connectivity index (χ4n) is 6.54. The molecule has 0 atom stereocenters. The Kier molecular flexibility index (Phi) is 6.04. The van der Waals surface area contributed by atoms with Crippen molar-refractivity contribution in [1.82, 2.24) is 0 Å². The van der Waals surface area contributed by atoms with Crippen molar-refractivity contribution in [1.29, 1.82) is 21.0 Å². The third kappa shape index (κ3) is 3.51. The molecule has 2 aliphatic heterocycles. The molecular weight excluding hydrogens is 528 g/mol. The quantitative estimate of drug-likeness (QED) is 0.371. The van der Waals surface area contributed by atoms with Crippen molar-refractivity contribution in [3.8, 4) is 24.3 Å². The Hall–Kier alpha value is -4.28. The van der Waals surface area contributed by atoms with Crippen molar-refractivity contribution in [3.05, 3.63) is 57.0 Å². The van der Waals surface area contributed by atoms with Crippen LogP contribution >= 0.6 is 0 Å². The summed E-state index contributed by atoms with van der Waals surface area (Å²) >= 11 is 0. The minimum atomic E-state index is -1.46. The predicted molar refractivity (Wildman–Crippen MR) is 155 cm³/mol. The summed E-state index contributed by atoms with van der Waals surface area (Å²) in [5, 5.41) is 43.9. The molecule has 0 unspecified atom stereocenters. The van der Waals surface area contributed by atoms with Gasteiger partial charge in [0.25, 0.3) is 11.6 Å². The van der Waals surface area contributed by atoms with Gasteiger partial charge in [0.1, 0.15) is 35.4 Å². The number of nitrogens with zero attached hydrogens (tertiary/aromatic N) is 4. The molecule has 3 aromatic rings. The van der Waals surface area contributed by atoms with Gasteiger partial charge in [-0.3, -0.25) is 0 Å². The van der Waals surface area contributed by atoms with Crippen LogP contribution in [0.4, 0.5) is 0 Å². The van der Waals surface area contributed by atoms with Gasteiger partial charge >= 0.3 is 0 Å². The Balaban J connectivity index is 2.10. The second-order valence-corrected chi connectivity index (χ2v) is 13.0. The lowest BCUT2D eigenvalue weighted by atomic mass is 9.71. The highest BCUT2D eigenvalue weighted by Crippen LogP contribution is 2.59. The van der Waals surface area contributed by atoms with Crippen LogP contribution in [0.25, 0.3) is 32.7 Å². The van der Waals surface area contributed by atoms with Gasteiger partial charge in [-0.1, -0.05) is 41.5 Å². The Morgan fingerprint density at radius 3 is 1.14 bits per heavy atom. The van der Waals surface area contributed by atoms with Crippen molar-refractivity contribution >= 4 is 32.7 Å². The van der Waals surface area contributed by atoms with Crippen LogP contribution in [0, 0.1) is 45.3 Å². The molecule has 0 radical (unpaired) electrons. The number of rotatable bonds is 0. The summed E-state index contributed by atoms with van der Waals surface area (Å²) in [4.78, 5) is 0. The summed E-state index contributed by atoms with van der Waals surface area (Å²) in [6, 6.07) is 16.2. The van der Waals surface area contributed by atoms with E-state index in [1.165, 1.54) is 0 Å². The minimum absolute atomic E-state index is 0.189. The Morgan fingerprint density at radius 2 is 0.881 bits per heavy atom. The number of nitriles is 4. The molecule has 8 nitrogen and oxygen atoms in total. The van der Waals surface area contributed by atoms with Gasteiger partial charge in [0.05, 0.1) is 26.4 Å². The van der Waals surface area contributed by atoms with Gasteiger partial charge < -0.3 is 18.9 Å². The molecule has 8 heteroatoms. The first-order valence-corrected chi connectivity index (χ1v) is 13.9. The van der Waals surface area contributed by atoms with Crippen LogP contribution in [0.2, 0.25) is 0 Å². The fourth-order valence-corrected chi connectivity index (χ4v) is 6.54. The summed E-state index contributed by atoms with van der Waals surface area (Å²) in [6.07, 6.45) is 0. The average molecular weight is 559 g/mol. The van der Waals surface area contributed by atoms with Crippen LogP contribution in [-0.2, 0) is 41.4 Å². The van der Waals surface area contributed by atoms with E-state index in [1.807, 2.05) is 48.5 Å². The maximum absolute atomic E-state index is 10.2. The molecule has 2 saturated heterocycles. The first-order valence-electron chi connectivity index (χ1n) is 13.9. The van der Waals surface area contributed by atoms with Gasteiger partial charge in [0, 0.05) is 21.6 Å². The molecular formula is C34H30N4O4. The van der Waals surface area contributed by atoms with Gasteiger partial charge in [-0.05, 0) is 67.8 Å². The molecule has 0 N–H and O–H groups in total. The predicted octanol–water partition coefficient (Wildman–Crippen LogP) is 4.40. The van der Waals surface area contributed by atoms with Crippen LogP contribution in [0.1, 0.15) is 63.8 Å². The summed E-state index contributed by atoms with van der Waals surface area (Å²) in [5.41, 5.74) is 2.01. The number of hydrogen-bond acceptors (Lipinski definition) is 8. The van der Waals surface area contributed by atoms with Gasteiger partial charge in [0.2, 0.25) is 0 Å². The number of benzene rings is 3. The van der Waals surface area contributed by atoms with Crippen LogP contribution in [0.15, 0.2) is 24.3 Å². The largest absolute Gasteiger partial charge is 0.339 e. The van der Waals surface area contributed by atoms with Crippen LogP contribution < -0.4 is 10.4 Å². The highest BCUT2D eigenvalue weighted by Gasteiger charge is 2.66. The van der Waals surface area contributed by atoms with E-state index in [4.69, 9.17) is 18.9 Å². The molecule has 0 aromatic heterocycles. The fraction of sp³-hybridized carbons (Fsp3) is 0.412. The van der Waals surface area contributed by atoms with E-state index in [0.717, 1.165) is 21.9 Å². The monoisotopic (exact) mass is 558 g/mol. The molecule has 3 aromatic carbocycles. The standard InChI is InChI=1S/C34H30N4O4/c1-31(2,3)21-11-23-27(19(15-35)16-36)28(20(17-37)18-38)24-12-22(32(4,5)6)14-26-30(24)29(23)25(13-21)33-34(26,41-9-7-39-33)42-10-8-40-33/h11-14H,7-10H2,1-6H3. The molecule has 0 saturated carbocycles. The van der Waals surface area contributed by atoms with Gasteiger partial charge in [-0.15, -0.1) is 0 Å². The minimum Gasteiger partial charge on any atom is -0.339 e. The van der Waals surface area contributed by atoms with Crippen molar-refractivity contribution in [2.45, 2.75) is 63.9 Å². The maximum atomic E-state index is 10.2. The van der Waals surface area contributed by atoms with Crippen LogP contribution in [-0.4, -0.2) is 26.4 Å². The zero-order chi connectivity index (χ0) is 30.2. The molecule has 2 heterocycles. The third-order valence-corrected chi connectivity index (χ3v) is 8.53. The lowest BCUT2D eigenvalue weighted by molar-refractivity contribution is -0.482. The lowest BCUT2D eigenvalue weighted by Gasteiger charge is -2.56. The zero-order valence-electron chi connectivity index (χ0n) is 24.6. The molecule has 6 rings (SSSR count).